The van der Waals surface area contributed by atoms with Crippen molar-refractivity contribution in [1.82, 2.24) is 0 Å². The van der Waals surface area contributed by atoms with Crippen molar-refractivity contribution in [3.8, 4) is 5.75 Å². The number of halogens is 4. The van der Waals surface area contributed by atoms with E-state index in [0.717, 1.165) is 4.90 Å². The molecule has 9 heteroatoms. The minimum absolute atomic E-state index is 0.0313. The van der Waals surface area contributed by atoms with Crippen LogP contribution in [-0.2, 0) is 4.79 Å². The summed E-state index contributed by atoms with van der Waals surface area (Å²) >= 11 is 7.41. The van der Waals surface area contributed by atoms with Crippen LogP contribution in [0.5, 0.6) is 5.75 Å². The van der Waals surface area contributed by atoms with Crippen molar-refractivity contribution in [3.05, 3.63) is 47.5 Å². The smallest absolute Gasteiger partial charge is 0.426 e. The van der Waals surface area contributed by atoms with E-state index in [9.17, 15) is 23.1 Å². The van der Waals surface area contributed by atoms with Crippen molar-refractivity contribution in [3.63, 3.8) is 0 Å². The highest BCUT2D eigenvalue weighted by Crippen LogP contribution is 2.35. The van der Waals surface area contributed by atoms with Gasteiger partial charge in [-0.15, -0.1) is 0 Å². The molecule has 0 aromatic heterocycles. The van der Waals surface area contributed by atoms with Crippen LogP contribution in [-0.4, -0.2) is 29.9 Å². The Bertz CT molecular complexity index is 812. The molecule has 0 saturated heterocycles. The minimum atomic E-state index is -5.11. The van der Waals surface area contributed by atoms with Crippen LogP contribution >= 0.6 is 23.4 Å². The summed E-state index contributed by atoms with van der Waals surface area (Å²) in [5.41, 5.74) is -3.55. The van der Waals surface area contributed by atoms with Gasteiger partial charge in [0.05, 0.1) is 17.8 Å². The van der Waals surface area contributed by atoms with Crippen LogP contribution in [0.3, 0.4) is 0 Å². The van der Waals surface area contributed by atoms with E-state index in [2.05, 4.69) is 0 Å². The lowest BCUT2D eigenvalue weighted by Gasteiger charge is -2.25. The predicted octanol–water partition coefficient (Wildman–Crippen LogP) is 4.75. The molecular formula is C17H15ClF3NO3S. The van der Waals surface area contributed by atoms with E-state index in [4.69, 9.17) is 16.3 Å². The Labute approximate surface area is 157 Å². The monoisotopic (exact) mass is 405 g/mol. The molecule has 0 spiro atoms. The van der Waals surface area contributed by atoms with Crippen LogP contribution in [0.15, 0.2) is 52.3 Å². The number of ether oxygens (including phenoxy) is 1. The first kappa shape index (κ1) is 20.4. The Hall–Kier alpha value is -1.90. The second kappa shape index (κ2) is 7.77. The Kier molecular flexibility index (Phi) is 6.10. The first-order valence-electron chi connectivity index (χ1n) is 7.26. The molecule has 1 unspecified atom stereocenters. The van der Waals surface area contributed by atoms with Gasteiger partial charge in [-0.05, 0) is 43.3 Å². The molecule has 26 heavy (non-hydrogen) atoms. The number of hydrogen-bond acceptors (Lipinski definition) is 4. The van der Waals surface area contributed by atoms with E-state index in [0.29, 0.717) is 17.6 Å². The normalized spacial score (nSPS) is 13.8. The molecule has 2 aromatic carbocycles. The fraction of sp³-hybridized carbons (Fsp3) is 0.235. The van der Waals surface area contributed by atoms with Gasteiger partial charge in [-0.1, -0.05) is 29.4 Å². The lowest BCUT2D eigenvalue weighted by atomic mass is 10.1. The van der Waals surface area contributed by atoms with Crippen LogP contribution in [0.25, 0.3) is 0 Å². The third-order valence-electron chi connectivity index (χ3n) is 3.46. The van der Waals surface area contributed by atoms with Gasteiger partial charge < -0.3 is 15.2 Å². The van der Waals surface area contributed by atoms with Gasteiger partial charge in [0.25, 0.3) is 5.91 Å². The Balaban J connectivity index is 2.15. The summed E-state index contributed by atoms with van der Waals surface area (Å²) in [7, 11) is 1.55. The van der Waals surface area contributed by atoms with Gasteiger partial charge in [0.1, 0.15) is 5.75 Å². The van der Waals surface area contributed by atoms with Gasteiger partial charge in [-0.3, -0.25) is 4.79 Å². The number of anilines is 1. The average Bonchev–Trinajstić information content (AvgIpc) is 2.56. The van der Waals surface area contributed by atoms with E-state index >= 15 is 0 Å². The standard InChI is InChI=1S/C17H15ClF3NO3S/c1-16(24,17(19,20)21)15(23)22-14-7-6-12(9-13(14)18)26-11-5-3-4-10(8-11)25-2/h3-9,24H,1-2H3,(H,22,23). The fourth-order valence-electron chi connectivity index (χ4n) is 1.83. The molecule has 2 rings (SSSR count). The number of carbonyl (C=O) groups is 1. The maximum Gasteiger partial charge on any atom is 0.426 e. The first-order valence-corrected chi connectivity index (χ1v) is 8.46. The number of methoxy groups -OCH3 is 1. The molecule has 1 amide bonds. The summed E-state index contributed by atoms with van der Waals surface area (Å²) in [5, 5.41) is 11.4. The summed E-state index contributed by atoms with van der Waals surface area (Å²) in [4.78, 5) is 13.3. The molecule has 2 aromatic rings. The van der Waals surface area contributed by atoms with E-state index in [1.54, 1.807) is 19.2 Å². The number of benzene rings is 2. The van der Waals surface area contributed by atoms with Gasteiger partial charge in [0.15, 0.2) is 0 Å². The van der Waals surface area contributed by atoms with Crippen LogP contribution in [0.2, 0.25) is 5.02 Å². The summed E-state index contributed by atoms with van der Waals surface area (Å²) in [5.74, 6) is -0.931. The lowest BCUT2D eigenvalue weighted by molar-refractivity contribution is -0.242. The van der Waals surface area contributed by atoms with Crippen molar-refractivity contribution in [2.24, 2.45) is 0 Å². The zero-order valence-electron chi connectivity index (χ0n) is 13.7. The Morgan fingerprint density at radius 2 is 1.85 bits per heavy atom. The number of aliphatic hydroxyl groups is 1. The van der Waals surface area contributed by atoms with Crippen molar-refractivity contribution < 1.29 is 27.8 Å². The van der Waals surface area contributed by atoms with Crippen molar-refractivity contribution in [2.75, 3.05) is 12.4 Å². The van der Waals surface area contributed by atoms with Crippen molar-refractivity contribution in [2.45, 2.75) is 28.5 Å². The van der Waals surface area contributed by atoms with Crippen LogP contribution < -0.4 is 10.1 Å². The van der Waals surface area contributed by atoms with Crippen molar-refractivity contribution >= 4 is 35.0 Å². The molecule has 0 bridgehead atoms. The van der Waals surface area contributed by atoms with Gasteiger partial charge >= 0.3 is 6.18 Å². The predicted molar refractivity (Wildman–Crippen MR) is 93.9 cm³/mol. The van der Waals surface area contributed by atoms with Crippen LogP contribution in [0.1, 0.15) is 6.92 Å². The zero-order valence-corrected chi connectivity index (χ0v) is 15.3. The summed E-state index contributed by atoms with van der Waals surface area (Å²) in [6.45, 7) is 0.378. The Morgan fingerprint density at radius 1 is 1.19 bits per heavy atom. The third-order valence-corrected chi connectivity index (χ3v) is 4.75. The van der Waals surface area contributed by atoms with Gasteiger partial charge in [0.2, 0.25) is 5.60 Å². The molecule has 0 radical (unpaired) electrons. The van der Waals surface area contributed by atoms with Crippen LogP contribution in [0.4, 0.5) is 18.9 Å². The number of carbonyl (C=O) groups excluding carboxylic acids is 1. The molecule has 2 N–H and O–H groups in total. The summed E-state index contributed by atoms with van der Waals surface area (Å²) < 4.78 is 43.2. The molecule has 0 aliphatic heterocycles. The quantitative estimate of drug-likeness (QED) is 0.753. The number of alkyl halides is 3. The molecule has 0 saturated carbocycles. The molecule has 0 aliphatic carbocycles. The second-order valence-electron chi connectivity index (χ2n) is 5.45. The first-order chi connectivity index (χ1) is 12.0. The van der Waals surface area contributed by atoms with Gasteiger partial charge in [-0.2, -0.15) is 13.2 Å². The van der Waals surface area contributed by atoms with Crippen LogP contribution in [0, 0.1) is 0 Å². The van der Waals surface area contributed by atoms with Crippen molar-refractivity contribution in [1.29, 1.82) is 0 Å². The summed E-state index contributed by atoms with van der Waals surface area (Å²) in [6.07, 6.45) is -5.11. The molecule has 0 fully saturated rings. The number of nitrogens with one attached hydrogen (secondary N) is 1. The van der Waals surface area contributed by atoms with E-state index < -0.39 is 17.7 Å². The van der Waals surface area contributed by atoms with Gasteiger partial charge in [-0.25, -0.2) is 0 Å². The molecule has 1 atom stereocenters. The van der Waals surface area contributed by atoms with E-state index in [-0.39, 0.29) is 10.7 Å². The van der Waals surface area contributed by atoms with E-state index in [1.807, 2.05) is 23.5 Å². The topological polar surface area (TPSA) is 58.6 Å². The largest absolute Gasteiger partial charge is 0.497 e. The highest BCUT2D eigenvalue weighted by atomic mass is 35.5. The fourth-order valence-corrected chi connectivity index (χ4v) is 3.03. The number of rotatable bonds is 5. The SMILES string of the molecule is COc1cccc(Sc2ccc(NC(=O)C(C)(O)C(F)(F)F)c(Cl)c2)c1. The highest BCUT2D eigenvalue weighted by Gasteiger charge is 2.55. The minimum Gasteiger partial charge on any atom is -0.497 e. The third kappa shape index (κ3) is 4.63. The molecule has 140 valence electrons. The lowest BCUT2D eigenvalue weighted by Crippen LogP contribution is -2.52. The molecular weight excluding hydrogens is 391 g/mol. The zero-order chi connectivity index (χ0) is 19.5. The average molecular weight is 406 g/mol. The Morgan fingerprint density at radius 3 is 2.42 bits per heavy atom. The van der Waals surface area contributed by atoms with Gasteiger partial charge in [0, 0.05) is 9.79 Å². The summed E-state index contributed by atoms with van der Waals surface area (Å²) in [6, 6.07) is 11.7. The second-order valence-corrected chi connectivity index (χ2v) is 7.00. The van der Waals surface area contributed by atoms with E-state index in [1.165, 1.54) is 23.9 Å². The highest BCUT2D eigenvalue weighted by molar-refractivity contribution is 7.99. The molecule has 4 nitrogen and oxygen atoms in total. The molecule has 0 heterocycles. The maximum absolute atomic E-state index is 12.7. The number of hydrogen-bond donors (Lipinski definition) is 2. The maximum atomic E-state index is 12.7. The molecule has 0 aliphatic rings. The number of amides is 1.